The Kier molecular flexibility index (Phi) is 9.23. The van der Waals surface area contributed by atoms with Crippen molar-refractivity contribution < 1.29 is 9.53 Å². The van der Waals surface area contributed by atoms with Crippen LogP contribution in [0.4, 0.5) is 10.6 Å². The third-order valence-electron chi connectivity index (χ3n) is 4.26. The number of hydrogen-bond donors (Lipinski definition) is 2. The summed E-state index contributed by atoms with van der Waals surface area (Å²) >= 11 is 0. The van der Waals surface area contributed by atoms with E-state index in [-0.39, 0.29) is 6.09 Å². The molecule has 2 N–H and O–H groups in total. The maximum Gasteiger partial charge on any atom is 0.409 e. The molecule has 8 heteroatoms. The van der Waals surface area contributed by atoms with Crippen molar-refractivity contribution in [2.24, 2.45) is 4.99 Å². The van der Waals surface area contributed by atoms with E-state index < -0.39 is 0 Å². The molecule has 1 amide bonds. The van der Waals surface area contributed by atoms with E-state index >= 15 is 0 Å². The van der Waals surface area contributed by atoms with Crippen LogP contribution in [-0.4, -0.2) is 79.3 Å². The van der Waals surface area contributed by atoms with Crippen LogP contribution in [0, 0.1) is 0 Å². The molecule has 150 valence electrons. The molecule has 1 saturated heterocycles. The standard InChI is InChI=1S/C19H32N6O2/c1-3-20-18(24-13-15-25(16-14-24)19(26)27-4-2)23-12-8-7-11-22-17-9-5-6-10-21-17/h5-6,9-10H,3-4,7-8,11-16H2,1-2H3,(H,20,23)(H,21,22). The van der Waals surface area contributed by atoms with Gasteiger partial charge in [0, 0.05) is 52.0 Å². The number of amides is 1. The van der Waals surface area contributed by atoms with Gasteiger partial charge >= 0.3 is 6.09 Å². The zero-order chi connectivity index (χ0) is 19.3. The molecule has 1 aromatic heterocycles. The SMILES string of the molecule is CCNC(=NCCCCNc1ccccn1)N1CCN(C(=O)OCC)CC1. The van der Waals surface area contributed by atoms with Crippen LogP contribution in [-0.2, 0) is 4.74 Å². The van der Waals surface area contributed by atoms with Crippen molar-refractivity contribution in [2.45, 2.75) is 26.7 Å². The molecule has 0 spiro atoms. The zero-order valence-electron chi connectivity index (χ0n) is 16.5. The number of pyridine rings is 1. The molecule has 1 fully saturated rings. The fourth-order valence-corrected chi connectivity index (χ4v) is 2.85. The number of unbranched alkanes of at least 4 members (excludes halogenated alkanes) is 1. The summed E-state index contributed by atoms with van der Waals surface area (Å²) in [6.07, 6.45) is 3.62. The lowest BCUT2D eigenvalue weighted by atomic mass is 10.3. The highest BCUT2D eigenvalue weighted by atomic mass is 16.6. The molecule has 8 nitrogen and oxygen atoms in total. The van der Waals surface area contributed by atoms with Gasteiger partial charge in [-0.25, -0.2) is 9.78 Å². The fraction of sp³-hybridized carbons (Fsp3) is 0.632. The Bertz CT molecular complexity index is 573. The number of aromatic nitrogens is 1. The summed E-state index contributed by atoms with van der Waals surface area (Å²) in [7, 11) is 0. The van der Waals surface area contributed by atoms with Crippen LogP contribution in [0.25, 0.3) is 0 Å². The first kappa shape index (κ1) is 20.8. The predicted molar refractivity (Wildman–Crippen MR) is 108 cm³/mol. The maximum absolute atomic E-state index is 11.8. The van der Waals surface area contributed by atoms with Gasteiger partial charge in [-0.3, -0.25) is 4.99 Å². The van der Waals surface area contributed by atoms with E-state index in [1.807, 2.05) is 25.1 Å². The van der Waals surface area contributed by atoms with Crippen molar-refractivity contribution in [1.29, 1.82) is 0 Å². The van der Waals surface area contributed by atoms with Crippen LogP contribution in [0.3, 0.4) is 0 Å². The van der Waals surface area contributed by atoms with Gasteiger partial charge in [-0.2, -0.15) is 0 Å². The molecule has 0 saturated carbocycles. The summed E-state index contributed by atoms with van der Waals surface area (Å²) in [4.78, 5) is 24.8. The van der Waals surface area contributed by atoms with Gasteiger partial charge in [0.2, 0.25) is 0 Å². The number of aliphatic imine (C=N–C) groups is 1. The Morgan fingerprint density at radius 2 is 1.96 bits per heavy atom. The Labute approximate surface area is 162 Å². The van der Waals surface area contributed by atoms with Crippen molar-refractivity contribution in [2.75, 3.05) is 57.7 Å². The van der Waals surface area contributed by atoms with E-state index in [4.69, 9.17) is 9.73 Å². The number of hydrogen-bond acceptors (Lipinski definition) is 5. The maximum atomic E-state index is 11.8. The molecule has 2 heterocycles. The van der Waals surface area contributed by atoms with Gasteiger partial charge in [0.05, 0.1) is 6.61 Å². The molecule has 0 bridgehead atoms. The molecule has 2 rings (SSSR count). The normalized spacial score (nSPS) is 14.8. The number of nitrogens with one attached hydrogen (secondary N) is 2. The predicted octanol–water partition coefficient (Wildman–Crippen LogP) is 2.01. The largest absolute Gasteiger partial charge is 0.450 e. The highest BCUT2D eigenvalue weighted by molar-refractivity contribution is 5.80. The summed E-state index contributed by atoms with van der Waals surface area (Å²) in [5.74, 6) is 1.84. The highest BCUT2D eigenvalue weighted by Crippen LogP contribution is 2.05. The van der Waals surface area contributed by atoms with Crippen LogP contribution < -0.4 is 10.6 Å². The van der Waals surface area contributed by atoms with Crippen molar-refractivity contribution in [1.82, 2.24) is 20.1 Å². The number of piperazine rings is 1. The van der Waals surface area contributed by atoms with Crippen molar-refractivity contribution in [3.63, 3.8) is 0 Å². The minimum Gasteiger partial charge on any atom is -0.450 e. The third kappa shape index (κ3) is 7.32. The average molecular weight is 377 g/mol. The molecule has 1 aliphatic heterocycles. The van der Waals surface area contributed by atoms with Gasteiger partial charge in [0.1, 0.15) is 5.82 Å². The van der Waals surface area contributed by atoms with Crippen LogP contribution in [0.2, 0.25) is 0 Å². The lowest BCUT2D eigenvalue weighted by Crippen LogP contribution is -2.53. The van der Waals surface area contributed by atoms with E-state index in [2.05, 4.69) is 27.4 Å². The van der Waals surface area contributed by atoms with Crippen LogP contribution >= 0.6 is 0 Å². The van der Waals surface area contributed by atoms with Gasteiger partial charge in [0.15, 0.2) is 5.96 Å². The minimum absolute atomic E-state index is 0.223. The topological polar surface area (TPSA) is 82.1 Å². The number of anilines is 1. The molecule has 0 atom stereocenters. The number of nitrogens with zero attached hydrogens (tertiary/aromatic N) is 4. The van der Waals surface area contributed by atoms with E-state index in [9.17, 15) is 4.79 Å². The number of carbonyl (C=O) groups is 1. The summed E-state index contributed by atoms with van der Waals surface area (Å²) in [5, 5.41) is 6.67. The van der Waals surface area contributed by atoms with E-state index in [0.717, 1.165) is 57.3 Å². The van der Waals surface area contributed by atoms with Crippen LogP contribution in [0.5, 0.6) is 0 Å². The fourth-order valence-electron chi connectivity index (χ4n) is 2.85. The van der Waals surface area contributed by atoms with Crippen molar-refractivity contribution in [3.8, 4) is 0 Å². The highest BCUT2D eigenvalue weighted by Gasteiger charge is 2.23. The third-order valence-corrected chi connectivity index (χ3v) is 4.26. The number of guanidine groups is 1. The lowest BCUT2D eigenvalue weighted by molar-refractivity contribution is 0.0914. The van der Waals surface area contributed by atoms with Gasteiger partial charge in [-0.1, -0.05) is 6.07 Å². The second kappa shape index (κ2) is 12.0. The molecular weight excluding hydrogens is 344 g/mol. The first-order chi connectivity index (χ1) is 13.2. The smallest absolute Gasteiger partial charge is 0.409 e. The average Bonchev–Trinajstić information content (AvgIpc) is 2.71. The Morgan fingerprint density at radius 1 is 1.19 bits per heavy atom. The van der Waals surface area contributed by atoms with E-state index in [0.29, 0.717) is 19.7 Å². The Morgan fingerprint density at radius 3 is 2.63 bits per heavy atom. The molecule has 0 aliphatic carbocycles. The Balaban J connectivity index is 1.70. The molecule has 0 aromatic carbocycles. The summed E-state index contributed by atoms with van der Waals surface area (Å²) < 4.78 is 5.07. The second-order valence-electron chi connectivity index (χ2n) is 6.26. The Hall–Kier alpha value is -2.51. The monoisotopic (exact) mass is 376 g/mol. The number of ether oxygens (including phenoxy) is 1. The van der Waals surface area contributed by atoms with Gasteiger partial charge in [-0.05, 0) is 38.8 Å². The first-order valence-corrected chi connectivity index (χ1v) is 9.84. The zero-order valence-corrected chi connectivity index (χ0v) is 16.5. The van der Waals surface area contributed by atoms with Gasteiger partial charge < -0.3 is 25.2 Å². The molecule has 27 heavy (non-hydrogen) atoms. The summed E-state index contributed by atoms with van der Waals surface area (Å²) in [6.45, 7) is 9.69. The quantitative estimate of drug-likeness (QED) is 0.410. The van der Waals surface area contributed by atoms with Crippen LogP contribution in [0.15, 0.2) is 29.4 Å². The molecule has 1 aromatic rings. The second-order valence-corrected chi connectivity index (χ2v) is 6.26. The lowest BCUT2D eigenvalue weighted by Gasteiger charge is -2.35. The minimum atomic E-state index is -0.223. The molecule has 0 radical (unpaired) electrons. The van der Waals surface area contributed by atoms with Gasteiger partial charge in [0.25, 0.3) is 0 Å². The molecule has 0 unspecified atom stereocenters. The van der Waals surface area contributed by atoms with Crippen LogP contribution in [0.1, 0.15) is 26.7 Å². The van der Waals surface area contributed by atoms with E-state index in [1.54, 1.807) is 11.1 Å². The molecule has 1 aliphatic rings. The van der Waals surface area contributed by atoms with E-state index in [1.165, 1.54) is 0 Å². The van der Waals surface area contributed by atoms with Crippen molar-refractivity contribution >= 4 is 17.9 Å². The number of rotatable bonds is 8. The first-order valence-electron chi connectivity index (χ1n) is 9.84. The van der Waals surface area contributed by atoms with Gasteiger partial charge in [-0.15, -0.1) is 0 Å². The number of carbonyl (C=O) groups excluding carboxylic acids is 1. The van der Waals surface area contributed by atoms with Crippen molar-refractivity contribution in [3.05, 3.63) is 24.4 Å². The summed E-state index contributed by atoms with van der Waals surface area (Å²) in [6, 6.07) is 5.86. The molecular formula is C19H32N6O2. The summed E-state index contributed by atoms with van der Waals surface area (Å²) in [5.41, 5.74) is 0.